The lowest BCUT2D eigenvalue weighted by Crippen LogP contribution is -2.49. The highest BCUT2D eigenvalue weighted by Gasteiger charge is 2.35. The third-order valence-electron chi connectivity index (χ3n) is 3.33. The number of aliphatic hydroxyl groups is 1. The van der Waals surface area contributed by atoms with Gasteiger partial charge in [-0.15, -0.1) is 0 Å². The first-order valence-corrected chi connectivity index (χ1v) is 6.04. The summed E-state index contributed by atoms with van der Waals surface area (Å²) in [7, 11) is 3.91. The van der Waals surface area contributed by atoms with Crippen molar-refractivity contribution in [1.29, 1.82) is 0 Å². The summed E-state index contributed by atoms with van der Waals surface area (Å²) < 4.78 is 12.7. The fourth-order valence-corrected chi connectivity index (χ4v) is 1.40. The average Bonchev–Trinajstić information content (AvgIpc) is 2.55. The highest BCUT2D eigenvalue weighted by atomic mass is 16.5. The molecule has 1 heterocycles. The van der Waals surface area contributed by atoms with E-state index in [-0.39, 0.29) is 0 Å². The summed E-state index contributed by atoms with van der Waals surface area (Å²) in [5.41, 5.74) is 0.312. The lowest BCUT2D eigenvalue weighted by Gasteiger charge is -2.37. The predicted octanol–water partition coefficient (Wildman–Crippen LogP) is 0.109. The number of aromatic nitrogens is 2. The summed E-state index contributed by atoms with van der Waals surface area (Å²) >= 11 is 0. The quantitative estimate of drug-likeness (QED) is 0.732. The first-order chi connectivity index (χ1) is 8.17. The van der Waals surface area contributed by atoms with E-state index in [1.165, 1.54) is 0 Å². The van der Waals surface area contributed by atoms with Crippen molar-refractivity contribution in [3.05, 3.63) is 11.9 Å². The zero-order chi connectivity index (χ0) is 14.0. The first kappa shape index (κ1) is 15.2. The van der Waals surface area contributed by atoms with E-state index >= 15 is 0 Å². The summed E-state index contributed by atoms with van der Waals surface area (Å²) in [6.07, 6.45) is 1.91. The van der Waals surface area contributed by atoms with E-state index in [0.29, 0.717) is 14.1 Å². The van der Waals surface area contributed by atoms with Crippen LogP contribution in [0.2, 0.25) is 0 Å². The molecule has 0 saturated carbocycles. The maximum absolute atomic E-state index is 10.0. The molecule has 1 aromatic rings. The van der Waals surface area contributed by atoms with Crippen molar-refractivity contribution in [2.45, 2.75) is 45.5 Å². The standard InChI is InChI=1S/C12H23BN2O3/c1-11(2,16)12(3,4)18-13-9-7-15(5)14-10(9)8-17-6/h7,13,16H,8H2,1-6H3. The number of aryl methyl sites for hydroxylation is 1. The van der Waals surface area contributed by atoms with Crippen LogP contribution < -0.4 is 5.46 Å². The maximum Gasteiger partial charge on any atom is 0.312 e. The van der Waals surface area contributed by atoms with Gasteiger partial charge in [-0.05, 0) is 33.2 Å². The lowest BCUT2D eigenvalue weighted by atomic mass is 9.83. The average molecular weight is 254 g/mol. The van der Waals surface area contributed by atoms with Crippen LogP contribution in [0.4, 0.5) is 0 Å². The Kier molecular flexibility index (Phi) is 4.58. The molecule has 1 rings (SSSR count). The van der Waals surface area contributed by atoms with E-state index < -0.39 is 11.2 Å². The molecule has 5 nitrogen and oxygen atoms in total. The molecule has 0 unspecified atom stereocenters. The van der Waals surface area contributed by atoms with Gasteiger partial charge in [-0.25, -0.2) is 0 Å². The van der Waals surface area contributed by atoms with E-state index in [4.69, 9.17) is 9.39 Å². The van der Waals surface area contributed by atoms with E-state index in [0.717, 1.165) is 11.2 Å². The topological polar surface area (TPSA) is 56.5 Å². The molecule has 1 N–H and O–H groups in total. The Labute approximate surface area is 109 Å². The summed E-state index contributed by atoms with van der Waals surface area (Å²) in [6, 6.07) is 0. The van der Waals surface area contributed by atoms with Gasteiger partial charge in [0.2, 0.25) is 0 Å². The molecule has 0 spiro atoms. The largest absolute Gasteiger partial charge is 0.427 e. The van der Waals surface area contributed by atoms with Crippen LogP contribution in [0.3, 0.4) is 0 Å². The highest BCUT2D eigenvalue weighted by Crippen LogP contribution is 2.24. The Morgan fingerprint density at radius 2 is 2.00 bits per heavy atom. The molecule has 0 bridgehead atoms. The molecule has 0 radical (unpaired) electrons. The minimum atomic E-state index is -0.906. The van der Waals surface area contributed by atoms with E-state index in [2.05, 4.69) is 5.10 Å². The number of nitrogens with zero attached hydrogens (tertiary/aromatic N) is 2. The second kappa shape index (κ2) is 5.42. The number of hydrogen-bond acceptors (Lipinski definition) is 4. The lowest BCUT2D eigenvalue weighted by molar-refractivity contribution is -0.0893. The van der Waals surface area contributed by atoms with Gasteiger partial charge < -0.3 is 14.5 Å². The van der Waals surface area contributed by atoms with Gasteiger partial charge in [-0.1, -0.05) is 0 Å². The fraction of sp³-hybridized carbons (Fsp3) is 0.750. The van der Waals surface area contributed by atoms with Crippen LogP contribution in [0.5, 0.6) is 0 Å². The van der Waals surface area contributed by atoms with Gasteiger partial charge in [0.15, 0.2) is 0 Å². The van der Waals surface area contributed by atoms with Crippen molar-refractivity contribution >= 4 is 12.9 Å². The highest BCUT2D eigenvalue weighted by molar-refractivity contribution is 6.47. The molecule has 1 aromatic heterocycles. The monoisotopic (exact) mass is 254 g/mol. The Hall–Kier alpha value is -0.845. The van der Waals surface area contributed by atoms with Crippen LogP contribution in [0, 0.1) is 0 Å². The third-order valence-corrected chi connectivity index (χ3v) is 3.33. The molecule has 0 amide bonds. The van der Waals surface area contributed by atoms with Gasteiger partial charge >= 0.3 is 7.48 Å². The van der Waals surface area contributed by atoms with Gasteiger partial charge in [0.1, 0.15) is 0 Å². The van der Waals surface area contributed by atoms with Crippen LogP contribution in [0.25, 0.3) is 0 Å². The molecule has 0 aliphatic carbocycles. The number of hydrogen-bond donors (Lipinski definition) is 1. The summed E-state index contributed by atoms with van der Waals surface area (Å²) in [6.45, 7) is 7.69. The second-order valence-corrected chi connectivity index (χ2v) is 5.57. The SMILES string of the molecule is COCc1nn(C)cc1BOC(C)(C)C(C)(C)O. The maximum atomic E-state index is 10.0. The summed E-state index contributed by atoms with van der Waals surface area (Å²) in [4.78, 5) is 0. The normalized spacial score (nSPS) is 12.8. The molecule has 0 atom stereocenters. The Morgan fingerprint density at radius 3 is 2.50 bits per heavy atom. The van der Waals surface area contributed by atoms with Gasteiger partial charge in [0.25, 0.3) is 0 Å². The molecule has 0 aliphatic heterocycles. The van der Waals surface area contributed by atoms with Crippen molar-refractivity contribution in [3.63, 3.8) is 0 Å². The van der Waals surface area contributed by atoms with Crippen molar-refractivity contribution in [2.24, 2.45) is 7.05 Å². The Bertz CT molecular complexity index is 397. The summed E-state index contributed by atoms with van der Waals surface area (Å²) in [5, 5.41) is 14.3. The number of rotatable bonds is 6. The van der Waals surface area contributed by atoms with E-state index in [9.17, 15) is 5.11 Å². The van der Waals surface area contributed by atoms with Crippen LogP contribution >= 0.6 is 0 Å². The predicted molar refractivity (Wildman–Crippen MR) is 72.2 cm³/mol. The van der Waals surface area contributed by atoms with Crippen LogP contribution in [0.1, 0.15) is 33.4 Å². The van der Waals surface area contributed by atoms with Crippen molar-refractivity contribution in [1.82, 2.24) is 9.78 Å². The van der Waals surface area contributed by atoms with Crippen LogP contribution in [0.15, 0.2) is 6.20 Å². The van der Waals surface area contributed by atoms with E-state index in [1.807, 2.05) is 27.1 Å². The van der Waals surface area contributed by atoms with Crippen molar-refractivity contribution in [2.75, 3.05) is 7.11 Å². The number of methoxy groups -OCH3 is 1. The Morgan fingerprint density at radius 1 is 1.39 bits per heavy atom. The van der Waals surface area contributed by atoms with Crippen molar-refractivity contribution < 1.29 is 14.5 Å². The molecule has 102 valence electrons. The Balaban J connectivity index is 2.74. The molecule has 0 saturated heterocycles. The summed E-state index contributed by atoms with van der Waals surface area (Å²) in [5.74, 6) is 0. The van der Waals surface area contributed by atoms with Gasteiger partial charge in [-0.3, -0.25) is 4.68 Å². The number of ether oxygens (including phenoxy) is 1. The second-order valence-electron chi connectivity index (χ2n) is 5.57. The fourth-order valence-electron chi connectivity index (χ4n) is 1.40. The molecule has 0 aliphatic rings. The molecule has 0 aromatic carbocycles. The molecule has 6 heteroatoms. The zero-order valence-corrected chi connectivity index (χ0v) is 12.1. The van der Waals surface area contributed by atoms with Crippen LogP contribution in [-0.4, -0.2) is 40.7 Å². The molecule has 18 heavy (non-hydrogen) atoms. The van der Waals surface area contributed by atoms with Crippen LogP contribution in [-0.2, 0) is 23.0 Å². The first-order valence-electron chi connectivity index (χ1n) is 6.04. The van der Waals surface area contributed by atoms with Crippen molar-refractivity contribution in [3.8, 4) is 0 Å². The van der Waals surface area contributed by atoms with Gasteiger partial charge in [0, 0.05) is 20.4 Å². The molecular weight excluding hydrogens is 231 g/mol. The van der Waals surface area contributed by atoms with E-state index in [1.54, 1.807) is 25.6 Å². The smallest absolute Gasteiger partial charge is 0.312 e. The van der Waals surface area contributed by atoms with Gasteiger partial charge in [0.05, 0.1) is 23.5 Å². The molecule has 0 fully saturated rings. The minimum Gasteiger partial charge on any atom is -0.427 e. The molecular formula is C12H23BN2O3. The third kappa shape index (κ3) is 3.57. The minimum absolute atomic E-state index is 0.406. The van der Waals surface area contributed by atoms with Gasteiger partial charge in [-0.2, -0.15) is 5.10 Å². The zero-order valence-electron chi connectivity index (χ0n) is 12.1.